The number of hydrogen-bond donors (Lipinski definition) is 4. The van der Waals surface area contributed by atoms with Gasteiger partial charge in [-0.05, 0) is 31.7 Å². The van der Waals surface area contributed by atoms with Gasteiger partial charge in [-0.1, -0.05) is 80.8 Å². The summed E-state index contributed by atoms with van der Waals surface area (Å²) < 4.78 is 37.8. The predicted octanol–water partition coefficient (Wildman–Crippen LogP) is 3.91. The Balaban J connectivity index is 1.43. The number of aromatic amines is 1. The summed E-state index contributed by atoms with van der Waals surface area (Å²) in [5, 5.41) is 17.6. The van der Waals surface area contributed by atoms with Crippen LogP contribution in [-0.4, -0.2) is 64.5 Å². The van der Waals surface area contributed by atoms with E-state index >= 15 is 0 Å². The molecule has 1 aliphatic heterocycles. The number of carbonyl (C=O) groups excluding carboxylic acids is 2. The van der Waals surface area contributed by atoms with Crippen LogP contribution in [0.1, 0.15) is 77.5 Å². The molecule has 14 nitrogen and oxygen atoms in total. The van der Waals surface area contributed by atoms with Crippen molar-refractivity contribution in [3.05, 3.63) is 75.1 Å². The van der Waals surface area contributed by atoms with E-state index in [1.165, 1.54) is 13.1 Å². The third kappa shape index (κ3) is 10.9. The molecule has 1 saturated heterocycles. The molecule has 4 rings (SSSR count). The molecule has 3 aromatic rings. The van der Waals surface area contributed by atoms with Crippen LogP contribution in [0.3, 0.4) is 0 Å². The highest BCUT2D eigenvalue weighted by Gasteiger charge is 2.40. The molecular weight excluding hydrogens is 667 g/mol. The number of unbranched alkanes of at least 4 members (excludes halogenated alkanes) is 4. The van der Waals surface area contributed by atoms with Gasteiger partial charge in [-0.2, -0.15) is 5.09 Å². The van der Waals surface area contributed by atoms with Crippen LogP contribution in [0.15, 0.2) is 58.3 Å². The summed E-state index contributed by atoms with van der Waals surface area (Å²) >= 11 is 0. The average Bonchev–Trinajstić information content (AvgIpc) is 3.46. The number of aromatic nitrogens is 2. The van der Waals surface area contributed by atoms with Gasteiger partial charge in [0.1, 0.15) is 29.7 Å². The van der Waals surface area contributed by atoms with Crippen molar-refractivity contribution in [2.75, 3.05) is 19.8 Å². The Bertz CT molecular complexity index is 1840. The number of H-pyrrole nitrogens is 1. The monoisotopic (exact) mass is 712 g/mol. The molecule has 2 heterocycles. The number of amides is 1. The van der Waals surface area contributed by atoms with Crippen molar-refractivity contribution < 1.29 is 37.8 Å². The first kappa shape index (κ1) is 38.6. The van der Waals surface area contributed by atoms with Crippen LogP contribution in [0.4, 0.5) is 0 Å². The van der Waals surface area contributed by atoms with Crippen molar-refractivity contribution in [2.45, 2.75) is 90.2 Å². The largest absolute Gasteiger partial charge is 0.465 e. The number of esters is 1. The molecule has 4 N–H and O–H groups in total. The first-order chi connectivity index (χ1) is 24.0. The van der Waals surface area contributed by atoms with Gasteiger partial charge in [-0.3, -0.25) is 28.5 Å². The van der Waals surface area contributed by atoms with E-state index in [1.807, 2.05) is 18.2 Å². The average molecular weight is 713 g/mol. The minimum atomic E-state index is -4.31. The smallest absolute Gasteiger partial charge is 0.459 e. The maximum atomic E-state index is 14.1. The Hall–Kier alpha value is -4.25. The quantitative estimate of drug-likeness (QED) is 0.0688. The van der Waals surface area contributed by atoms with Crippen LogP contribution in [0, 0.1) is 11.8 Å². The summed E-state index contributed by atoms with van der Waals surface area (Å²) in [4.78, 5) is 51.9. The van der Waals surface area contributed by atoms with Gasteiger partial charge >= 0.3 is 19.4 Å². The van der Waals surface area contributed by atoms with Crippen molar-refractivity contribution in [3.8, 4) is 17.6 Å². The van der Waals surface area contributed by atoms with E-state index in [2.05, 4.69) is 34.2 Å². The Morgan fingerprint density at radius 2 is 1.88 bits per heavy atom. The number of aliphatic hydroxyl groups is 1. The standard InChI is InChI=1S/C35H45N4O10P/c1-4-6-7-8-9-19-31(41)36-20-13-16-26-22-39(35(44)37-33(26)42)32-21-28(40)30(48-32)23-47-50(45,38-24(3)34(43)46-5-2)49-29-18-12-15-25-14-10-11-17-27(25)29/h10-12,14-15,17-18,22,24,28,30,32,40H,4-9,19-21,23H2,1-3H3,(H,36,41)(H,38,45)(H,37,42,44)/t24-,28-,30+,32?,50?/m0/s1. The van der Waals surface area contributed by atoms with Gasteiger partial charge in [-0.15, -0.1) is 0 Å². The minimum Gasteiger partial charge on any atom is -0.465 e. The predicted molar refractivity (Wildman–Crippen MR) is 186 cm³/mol. The van der Waals surface area contributed by atoms with E-state index in [0.717, 1.165) is 42.1 Å². The summed E-state index contributed by atoms with van der Waals surface area (Å²) in [5.74, 6) is 4.83. The van der Waals surface area contributed by atoms with Gasteiger partial charge in [0.25, 0.3) is 5.56 Å². The van der Waals surface area contributed by atoms with E-state index in [-0.39, 0.29) is 36.8 Å². The number of carbonyl (C=O) groups is 2. The highest BCUT2D eigenvalue weighted by Crippen LogP contribution is 2.47. The number of nitrogens with zero attached hydrogens (tertiary/aromatic N) is 1. The topological polar surface area (TPSA) is 187 Å². The molecule has 0 spiro atoms. The summed E-state index contributed by atoms with van der Waals surface area (Å²) in [6, 6.07) is 11.4. The Labute approximate surface area is 290 Å². The molecule has 1 fully saturated rings. The Morgan fingerprint density at radius 3 is 2.66 bits per heavy atom. The molecule has 2 aromatic carbocycles. The van der Waals surface area contributed by atoms with Crippen LogP contribution < -0.4 is 26.2 Å². The maximum absolute atomic E-state index is 14.1. The zero-order chi connectivity index (χ0) is 36.1. The molecule has 15 heteroatoms. The molecular formula is C35H45N4O10P. The molecule has 1 aliphatic rings. The second-order valence-electron chi connectivity index (χ2n) is 11.8. The first-order valence-electron chi connectivity index (χ1n) is 16.8. The number of aliphatic hydroxyl groups excluding tert-OH is 1. The normalized spacial score (nSPS) is 18.8. The molecule has 1 aromatic heterocycles. The fourth-order valence-electron chi connectivity index (χ4n) is 5.31. The SMILES string of the molecule is CCCCCCCC(=O)NCC#Cc1cn(C2C[C@H](O)[C@@H](COP(=O)(N[C@@H](C)C(=O)OCC)Oc3cccc4ccccc34)O2)c(=O)[nH]c1=O. The lowest BCUT2D eigenvalue weighted by atomic mass is 10.1. The first-order valence-corrected chi connectivity index (χ1v) is 18.4. The lowest BCUT2D eigenvalue weighted by molar-refractivity contribution is -0.144. The van der Waals surface area contributed by atoms with Crippen molar-refractivity contribution in [2.24, 2.45) is 0 Å². The van der Waals surface area contributed by atoms with E-state index in [0.29, 0.717) is 11.8 Å². The van der Waals surface area contributed by atoms with Gasteiger partial charge in [0.15, 0.2) is 0 Å². The van der Waals surface area contributed by atoms with Gasteiger partial charge in [0, 0.05) is 24.4 Å². The Morgan fingerprint density at radius 1 is 1.12 bits per heavy atom. The maximum Gasteiger partial charge on any atom is 0.459 e. The number of ether oxygens (including phenoxy) is 2. The molecule has 270 valence electrons. The van der Waals surface area contributed by atoms with E-state index in [1.54, 1.807) is 31.2 Å². The second-order valence-corrected chi connectivity index (χ2v) is 13.5. The van der Waals surface area contributed by atoms with Crippen molar-refractivity contribution in [1.82, 2.24) is 20.0 Å². The van der Waals surface area contributed by atoms with Crippen LogP contribution in [0.2, 0.25) is 0 Å². The molecule has 2 unspecified atom stereocenters. The molecule has 5 atom stereocenters. The van der Waals surface area contributed by atoms with Gasteiger partial charge in [0.05, 0.1) is 25.9 Å². The van der Waals surface area contributed by atoms with Gasteiger partial charge in [0.2, 0.25) is 5.91 Å². The lowest BCUT2D eigenvalue weighted by Crippen LogP contribution is -2.36. The number of hydrogen-bond acceptors (Lipinski definition) is 10. The molecule has 0 bridgehead atoms. The Kier molecular flexibility index (Phi) is 14.4. The van der Waals surface area contributed by atoms with Crippen molar-refractivity contribution >= 4 is 30.4 Å². The number of benzene rings is 2. The summed E-state index contributed by atoms with van der Waals surface area (Å²) in [5.41, 5.74) is -1.54. The fraction of sp³-hybridized carbons (Fsp3) is 0.486. The molecule has 0 radical (unpaired) electrons. The van der Waals surface area contributed by atoms with Crippen LogP contribution in [-0.2, 0) is 28.2 Å². The number of nitrogens with one attached hydrogen (secondary N) is 3. The molecule has 0 saturated carbocycles. The zero-order valence-electron chi connectivity index (χ0n) is 28.5. The fourth-order valence-corrected chi connectivity index (χ4v) is 6.83. The third-order valence-corrected chi connectivity index (χ3v) is 9.59. The van der Waals surface area contributed by atoms with Crippen molar-refractivity contribution in [3.63, 3.8) is 0 Å². The molecule has 1 amide bonds. The van der Waals surface area contributed by atoms with E-state index in [4.69, 9.17) is 18.5 Å². The van der Waals surface area contributed by atoms with Crippen molar-refractivity contribution in [1.29, 1.82) is 0 Å². The highest BCUT2D eigenvalue weighted by atomic mass is 31.2. The molecule has 0 aliphatic carbocycles. The van der Waals surface area contributed by atoms with Gasteiger partial charge in [-0.25, -0.2) is 9.36 Å². The number of fused-ring (bicyclic) bond motifs is 1. The number of rotatable bonds is 17. The minimum absolute atomic E-state index is 0.0220. The summed E-state index contributed by atoms with van der Waals surface area (Å²) in [7, 11) is -4.31. The second kappa shape index (κ2) is 18.7. The zero-order valence-corrected chi connectivity index (χ0v) is 29.4. The molecule has 50 heavy (non-hydrogen) atoms. The van der Waals surface area contributed by atoms with E-state index < -0.39 is 56.0 Å². The summed E-state index contributed by atoms with van der Waals surface area (Å²) in [6.45, 7) is 4.89. The highest BCUT2D eigenvalue weighted by molar-refractivity contribution is 7.52. The third-order valence-electron chi connectivity index (χ3n) is 7.96. The summed E-state index contributed by atoms with van der Waals surface area (Å²) in [6.07, 6.45) is 3.42. The van der Waals surface area contributed by atoms with Crippen LogP contribution >= 0.6 is 7.75 Å². The van der Waals surface area contributed by atoms with E-state index in [9.17, 15) is 28.8 Å². The lowest BCUT2D eigenvalue weighted by Gasteiger charge is -2.25. The van der Waals surface area contributed by atoms with Gasteiger partial charge < -0.3 is 24.4 Å². The van der Waals surface area contributed by atoms with Crippen LogP contribution in [0.5, 0.6) is 5.75 Å². The van der Waals surface area contributed by atoms with Crippen LogP contribution in [0.25, 0.3) is 10.8 Å².